The lowest BCUT2D eigenvalue weighted by Gasteiger charge is -2.30. The lowest BCUT2D eigenvalue weighted by Crippen LogP contribution is -2.44. The van der Waals surface area contributed by atoms with Crippen LogP contribution in [0, 0.1) is 12.8 Å². The molecule has 1 aliphatic heterocycles. The predicted octanol–water partition coefficient (Wildman–Crippen LogP) is 3.07. The van der Waals surface area contributed by atoms with E-state index in [0.29, 0.717) is 5.54 Å². The second-order valence-electron chi connectivity index (χ2n) is 5.56. The number of aryl methyl sites for hydroxylation is 1. The largest absolute Gasteiger partial charge is 0.311 e. The summed E-state index contributed by atoms with van der Waals surface area (Å²) in [5, 5.41) is 3.81. The maximum atomic E-state index is 3.81. The summed E-state index contributed by atoms with van der Waals surface area (Å²) < 4.78 is 0. The van der Waals surface area contributed by atoms with Gasteiger partial charge in [0.05, 0.1) is 0 Å². The first-order chi connectivity index (χ1) is 7.80. The molecular formula is C15H21N. The molecule has 0 amide bonds. The van der Waals surface area contributed by atoms with Gasteiger partial charge in [0.1, 0.15) is 0 Å². The zero-order valence-corrected chi connectivity index (χ0v) is 10.1. The minimum Gasteiger partial charge on any atom is -0.311 e. The maximum Gasteiger partial charge on any atom is 0.0250 e. The highest BCUT2D eigenvalue weighted by Gasteiger charge is 2.46. The van der Waals surface area contributed by atoms with Gasteiger partial charge in [0.25, 0.3) is 0 Å². The Morgan fingerprint density at radius 1 is 1.31 bits per heavy atom. The highest BCUT2D eigenvalue weighted by molar-refractivity contribution is 5.28. The van der Waals surface area contributed by atoms with Gasteiger partial charge < -0.3 is 5.32 Å². The highest BCUT2D eigenvalue weighted by atomic mass is 15.0. The van der Waals surface area contributed by atoms with Crippen molar-refractivity contribution < 1.29 is 0 Å². The zero-order valence-electron chi connectivity index (χ0n) is 10.1. The third kappa shape index (κ3) is 1.78. The van der Waals surface area contributed by atoms with E-state index in [1.54, 1.807) is 5.56 Å². The third-order valence-corrected chi connectivity index (χ3v) is 4.40. The first-order valence-corrected chi connectivity index (χ1v) is 6.60. The summed E-state index contributed by atoms with van der Waals surface area (Å²) in [4.78, 5) is 0. The van der Waals surface area contributed by atoms with E-state index in [1.165, 1.54) is 44.2 Å². The lowest BCUT2D eigenvalue weighted by molar-refractivity contribution is 0.323. The normalized spacial score (nSPS) is 29.6. The fourth-order valence-corrected chi connectivity index (χ4v) is 3.26. The Morgan fingerprint density at radius 3 is 2.75 bits per heavy atom. The molecule has 1 saturated carbocycles. The SMILES string of the molecule is Cc1ccccc1CC1(C2CC2)CCCN1. The smallest absolute Gasteiger partial charge is 0.0250 e. The maximum absolute atomic E-state index is 3.81. The molecule has 86 valence electrons. The average Bonchev–Trinajstić information content (AvgIpc) is 3.05. The number of nitrogens with one attached hydrogen (secondary N) is 1. The minimum atomic E-state index is 0.451. The molecule has 0 radical (unpaired) electrons. The van der Waals surface area contributed by atoms with Crippen LogP contribution in [0.1, 0.15) is 36.8 Å². The van der Waals surface area contributed by atoms with E-state index in [2.05, 4.69) is 36.5 Å². The summed E-state index contributed by atoms with van der Waals surface area (Å²) in [5.74, 6) is 0.953. The molecule has 1 aromatic carbocycles. The van der Waals surface area contributed by atoms with Crippen molar-refractivity contribution in [1.29, 1.82) is 0 Å². The molecule has 0 bridgehead atoms. The van der Waals surface area contributed by atoms with Crippen LogP contribution in [-0.4, -0.2) is 12.1 Å². The van der Waals surface area contributed by atoms with Crippen LogP contribution in [0.4, 0.5) is 0 Å². The molecule has 1 heterocycles. The van der Waals surface area contributed by atoms with Gasteiger partial charge in [-0.3, -0.25) is 0 Å². The van der Waals surface area contributed by atoms with Crippen molar-refractivity contribution in [1.82, 2.24) is 5.32 Å². The Morgan fingerprint density at radius 2 is 2.12 bits per heavy atom. The van der Waals surface area contributed by atoms with Crippen LogP contribution in [0.3, 0.4) is 0 Å². The molecule has 2 aliphatic rings. The number of hydrogen-bond acceptors (Lipinski definition) is 1. The number of rotatable bonds is 3. The molecule has 2 fully saturated rings. The van der Waals surface area contributed by atoms with E-state index < -0.39 is 0 Å². The van der Waals surface area contributed by atoms with Crippen molar-refractivity contribution in [3.05, 3.63) is 35.4 Å². The Kier molecular flexibility index (Phi) is 2.51. The molecule has 1 nitrogen and oxygen atoms in total. The van der Waals surface area contributed by atoms with Crippen molar-refractivity contribution in [3.8, 4) is 0 Å². The van der Waals surface area contributed by atoms with E-state index in [4.69, 9.17) is 0 Å². The van der Waals surface area contributed by atoms with Crippen molar-refractivity contribution in [3.63, 3.8) is 0 Å². The lowest BCUT2D eigenvalue weighted by atomic mass is 9.83. The monoisotopic (exact) mass is 215 g/mol. The van der Waals surface area contributed by atoms with E-state index in [0.717, 1.165) is 5.92 Å². The Hall–Kier alpha value is -0.820. The molecule has 1 N–H and O–H groups in total. The van der Waals surface area contributed by atoms with Crippen molar-refractivity contribution in [2.75, 3.05) is 6.54 Å². The van der Waals surface area contributed by atoms with Crippen molar-refractivity contribution >= 4 is 0 Å². The number of benzene rings is 1. The summed E-state index contributed by atoms with van der Waals surface area (Å²) >= 11 is 0. The van der Waals surface area contributed by atoms with Gasteiger partial charge in [-0.15, -0.1) is 0 Å². The number of hydrogen-bond donors (Lipinski definition) is 1. The van der Waals surface area contributed by atoms with Gasteiger partial charge in [0.2, 0.25) is 0 Å². The van der Waals surface area contributed by atoms with Gasteiger partial charge in [0.15, 0.2) is 0 Å². The molecule has 1 aliphatic carbocycles. The van der Waals surface area contributed by atoms with E-state index >= 15 is 0 Å². The summed E-state index contributed by atoms with van der Waals surface area (Å²) in [6.45, 7) is 3.47. The predicted molar refractivity (Wildman–Crippen MR) is 67.6 cm³/mol. The third-order valence-electron chi connectivity index (χ3n) is 4.40. The first kappa shape index (κ1) is 10.3. The Bertz CT molecular complexity index is 373. The van der Waals surface area contributed by atoms with Gasteiger partial charge >= 0.3 is 0 Å². The zero-order chi connectivity index (χ0) is 11.0. The Balaban J connectivity index is 1.84. The molecule has 1 atom stereocenters. The van der Waals surface area contributed by atoms with E-state index in [-0.39, 0.29) is 0 Å². The molecule has 1 aromatic rings. The van der Waals surface area contributed by atoms with Crippen molar-refractivity contribution in [2.45, 2.75) is 44.6 Å². The molecule has 3 rings (SSSR count). The standard InChI is InChI=1S/C15H21N/c1-12-5-2-3-6-13(12)11-15(14-7-8-14)9-4-10-16-15/h2-3,5-6,14,16H,4,7-11H2,1H3. The van der Waals surface area contributed by atoms with Crippen LogP contribution in [0.2, 0.25) is 0 Å². The second-order valence-corrected chi connectivity index (χ2v) is 5.56. The topological polar surface area (TPSA) is 12.0 Å². The quantitative estimate of drug-likeness (QED) is 0.817. The van der Waals surface area contributed by atoms with Crippen LogP contribution in [0.15, 0.2) is 24.3 Å². The van der Waals surface area contributed by atoms with Crippen LogP contribution in [0.25, 0.3) is 0 Å². The fourth-order valence-electron chi connectivity index (χ4n) is 3.26. The van der Waals surface area contributed by atoms with Gasteiger partial charge in [-0.2, -0.15) is 0 Å². The molecule has 0 spiro atoms. The van der Waals surface area contributed by atoms with Crippen LogP contribution in [-0.2, 0) is 6.42 Å². The van der Waals surface area contributed by atoms with Crippen molar-refractivity contribution in [2.24, 2.45) is 5.92 Å². The molecule has 16 heavy (non-hydrogen) atoms. The Labute approximate surface area is 98.3 Å². The summed E-state index contributed by atoms with van der Waals surface area (Å²) in [5.41, 5.74) is 3.45. The minimum absolute atomic E-state index is 0.451. The van der Waals surface area contributed by atoms with Crippen LogP contribution < -0.4 is 5.32 Å². The van der Waals surface area contributed by atoms with E-state index in [1.807, 2.05) is 0 Å². The average molecular weight is 215 g/mol. The summed E-state index contributed by atoms with van der Waals surface area (Å²) in [6.07, 6.45) is 6.87. The summed E-state index contributed by atoms with van der Waals surface area (Å²) in [7, 11) is 0. The van der Waals surface area contributed by atoms with E-state index in [9.17, 15) is 0 Å². The molecular weight excluding hydrogens is 194 g/mol. The molecule has 0 aromatic heterocycles. The first-order valence-electron chi connectivity index (χ1n) is 6.60. The van der Waals surface area contributed by atoms with Gasteiger partial charge in [-0.1, -0.05) is 24.3 Å². The second kappa shape index (κ2) is 3.89. The summed E-state index contributed by atoms with van der Waals surface area (Å²) in [6, 6.07) is 8.87. The van der Waals surface area contributed by atoms with Crippen LogP contribution in [0.5, 0.6) is 0 Å². The highest BCUT2D eigenvalue weighted by Crippen LogP contribution is 2.46. The van der Waals surface area contributed by atoms with Crippen LogP contribution >= 0.6 is 0 Å². The molecule has 1 heteroatoms. The molecule has 1 unspecified atom stereocenters. The fraction of sp³-hybridized carbons (Fsp3) is 0.600. The molecule has 1 saturated heterocycles. The van der Waals surface area contributed by atoms with Gasteiger partial charge in [-0.05, 0) is 62.6 Å². The van der Waals surface area contributed by atoms with Gasteiger partial charge in [0, 0.05) is 5.54 Å². The van der Waals surface area contributed by atoms with Gasteiger partial charge in [-0.25, -0.2) is 0 Å².